The van der Waals surface area contributed by atoms with E-state index in [1.807, 2.05) is 0 Å². The van der Waals surface area contributed by atoms with Crippen molar-refractivity contribution in [3.8, 4) is 0 Å². The molecule has 1 aliphatic rings. The molecule has 0 unspecified atom stereocenters. The molecular weight excluding hydrogens is 374 g/mol. The fourth-order valence-corrected chi connectivity index (χ4v) is 5.11. The average Bonchev–Trinajstić information content (AvgIpc) is 2.79. The number of nitrogen functional groups attached to an aromatic ring is 1. The quantitative estimate of drug-likeness (QED) is 0.791. The first kappa shape index (κ1) is 14.8. The Bertz CT molecular complexity index is 763. The number of fused-ring (bicyclic) bond motifs is 1. The van der Waals surface area contributed by atoms with E-state index in [1.165, 1.54) is 22.3 Å². The Hall–Kier alpha value is -1.12. The minimum absolute atomic E-state index is 0.0684. The summed E-state index contributed by atoms with van der Waals surface area (Å²) in [5.41, 5.74) is 7.02. The molecule has 1 heterocycles. The van der Waals surface area contributed by atoms with E-state index in [9.17, 15) is 8.42 Å². The predicted octanol–water partition coefficient (Wildman–Crippen LogP) is 3.17. The molecule has 5 nitrogen and oxygen atoms in total. The molecular formula is C13H14BrN3O2S2. The van der Waals surface area contributed by atoms with E-state index >= 15 is 0 Å². The number of nitrogens with zero attached hydrogens (tertiary/aromatic N) is 1. The van der Waals surface area contributed by atoms with E-state index in [-0.39, 0.29) is 10.6 Å². The van der Waals surface area contributed by atoms with Crippen molar-refractivity contribution in [2.45, 2.75) is 30.6 Å². The van der Waals surface area contributed by atoms with Crippen LogP contribution in [-0.4, -0.2) is 13.4 Å². The van der Waals surface area contributed by atoms with E-state index < -0.39 is 10.0 Å². The monoisotopic (exact) mass is 387 g/mol. The van der Waals surface area contributed by atoms with E-state index in [0.717, 1.165) is 35.8 Å². The first-order chi connectivity index (χ1) is 9.95. The molecule has 1 aromatic carbocycles. The number of aromatic nitrogens is 1. The van der Waals surface area contributed by atoms with Gasteiger partial charge in [-0.05, 0) is 43.9 Å². The van der Waals surface area contributed by atoms with Crippen LogP contribution in [0.2, 0.25) is 0 Å². The van der Waals surface area contributed by atoms with Crippen LogP contribution in [0.5, 0.6) is 0 Å². The van der Waals surface area contributed by atoms with Gasteiger partial charge < -0.3 is 5.73 Å². The summed E-state index contributed by atoms with van der Waals surface area (Å²) in [6, 6.07) is 4.70. The zero-order chi connectivity index (χ0) is 15.0. The van der Waals surface area contributed by atoms with Crippen molar-refractivity contribution in [1.29, 1.82) is 0 Å². The van der Waals surface area contributed by atoms with Gasteiger partial charge in [0.15, 0.2) is 5.13 Å². The van der Waals surface area contributed by atoms with Crippen LogP contribution in [0.1, 0.15) is 23.4 Å². The van der Waals surface area contributed by atoms with Crippen molar-refractivity contribution >= 4 is 48.1 Å². The summed E-state index contributed by atoms with van der Waals surface area (Å²) >= 11 is 4.68. The summed E-state index contributed by atoms with van der Waals surface area (Å²) in [6.07, 6.45) is 4.16. The zero-order valence-electron chi connectivity index (χ0n) is 11.1. The molecule has 0 saturated heterocycles. The number of sulfonamides is 1. The lowest BCUT2D eigenvalue weighted by molar-refractivity contribution is 0.601. The Morgan fingerprint density at radius 3 is 2.76 bits per heavy atom. The number of nitrogens with one attached hydrogen (secondary N) is 1. The number of hydrogen-bond acceptors (Lipinski definition) is 5. The van der Waals surface area contributed by atoms with Crippen LogP contribution in [0.15, 0.2) is 27.6 Å². The molecule has 0 amide bonds. The third kappa shape index (κ3) is 3.07. The van der Waals surface area contributed by atoms with Crippen molar-refractivity contribution in [3.05, 3.63) is 33.2 Å². The largest absolute Gasteiger partial charge is 0.398 e. The van der Waals surface area contributed by atoms with Crippen molar-refractivity contribution in [2.24, 2.45) is 0 Å². The van der Waals surface area contributed by atoms with Crippen molar-refractivity contribution in [1.82, 2.24) is 4.98 Å². The minimum Gasteiger partial charge on any atom is -0.398 e. The molecule has 2 aromatic rings. The van der Waals surface area contributed by atoms with Gasteiger partial charge in [0, 0.05) is 9.35 Å². The summed E-state index contributed by atoms with van der Waals surface area (Å²) in [6.45, 7) is 0. The highest BCUT2D eigenvalue weighted by molar-refractivity contribution is 9.10. The molecule has 8 heteroatoms. The second-order valence-electron chi connectivity index (χ2n) is 4.88. The van der Waals surface area contributed by atoms with Crippen molar-refractivity contribution in [3.63, 3.8) is 0 Å². The van der Waals surface area contributed by atoms with Crippen molar-refractivity contribution < 1.29 is 8.42 Å². The van der Waals surface area contributed by atoms with Gasteiger partial charge in [-0.2, -0.15) is 0 Å². The Labute approximate surface area is 135 Å². The normalized spacial score (nSPS) is 14.7. The highest BCUT2D eigenvalue weighted by Crippen LogP contribution is 2.31. The standard InChI is InChI=1S/C13H14BrN3O2S2/c14-8-5-6-12(9(15)7-8)21(18,19)17-13-16-10-3-1-2-4-11(10)20-13/h5-7H,1-4,15H2,(H,16,17). The lowest BCUT2D eigenvalue weighted by atomic mass is 10.0. The minimum atomic E-state index is -3.71. The highest BCUT2D eigenvalue weighted by Gasteiger charge is 2.21. The number of nitrogens with two attached hydrogens (primary N) is 1. The Kier molecular flexibility index (Phi) is 3.94. The number of thiazole rings is 1. The summed E-state index contributed by atoms with van der Waals surface area (Å²) < 4.78 is 28.1. The maximum Gasteiger partial charge on any atom is 0.265 e. The summed E-state index contributed by atoms with van der Waals surface area (Å²) in [7, 11) is -3.71. The molecule has 1 aliphatic carbocycles. The number of halogens is 1. The second kappa shape index (κ2) is 5.58. The second-order valence-corrected chi connectivity index (χ2v) is 8.53. The smallest absolute Gasteiger partial charge is 0.265 e. The fraction of sp³-hybridized carbons (Fsp3) is 0.308. The third-order valence-electron chi connectivity index (χ3n) is 3.33. The third-order valence-corrected chi connectivity index (χ3v) is 6.44. The number of anilines is 2. The van der Waals surface area contributed by atoms with E-state index in [1.54, 1.807) is 12.1 Å². The first-order valence-corrected chi connectivity index (χ1v) is 9.61. The number of hydrogen-bond donors (Lipinski definition) is 2. The molecule has 3 rings (SSSR count). The van der Waals surface area contributed by atoms with Crippen LogP contribution >= 0.6 is 27.3 Å². The van der Waals surface area contributed by atoms with Crippen LogP contribution in [0, 0.1) is 0 Å². The summed E-state index contributed by atoms with van der Waals surface area (Å²) in [4.78, 5) is 5.64. The number of benzene rings is 1. The molecule has 0 aliphatic heterocycles. The average molecular weight is 388 g/mol. The van der Waals surface area contributed by atoms with Crippen LogP contribution < -0.4 is 10.5 Å². The first-order valence-electron chi connectivity index (χ1n) is 6.52. The maximum absolute atomic E-state index is 12.4. The van der Waals surface area contributed by atoms with E-state index in [0.29, 0.717) is 5.13 Å². The Morgan fingerprint density at radius 2 is 2.05 bits per heavy atom. The fourth-order valence-electron chi connectivity index (χ4n) is 2.33. The van der Waals surface area contributed by atoms with Gasteiger partial charge in [-0.15, -0.1) is 11.3 Å². The maximum atomic E-state index is 12.4. The molecule has 0 saturated carbocycles. The highest BCUT2D eigenvalue weighted by atomic mass is 79.9. The molecule has 0 spiro atoms. The molecule has 112 valence electrons. The number of aryl methyl sites for hydroxylation is 2. The summed E-state index contributed by atoms with van der Waals surface area (Å²) in [5.74, 6) is 0. The molecule has 0 fully saturated rings. The predicted molar refractivity (Wildman–Crippen MR) is 88.1 cm³/mol. The molecule has 0 atom stereocenters. The number of rotatable bonds is 3. The lowest BCUT2D eigenvalue weighted by Crippen LogP contribution is -2.14. The lowest BCUT2D eigenvalue weighted by Gasteiger charge is -2.08. The van der Waals surface area contributed by atoms with Gasteiger partial charge in [-0.25, -0.2) is 13.4 Å². The van der Waals surface area contributed by atoms with Gasteiger partial charge in [-0.3, -0.25) is 4.72 Å². The molecule has 3 N–H and O–H groups in total. The van der Waals surface area contributed by atoms with Gasteiger partial charge in [0.05, 0.1) is 11.4 Å². The van der Waals surface area contributed by atoms with Crippen LogP contribution in [0.25, 0.3) is 0 Å². The van der Waals surface area contributed by atoms with Crippen LogP contribution in [-0.2, 0) is 22.9 Å². The molecule has 21 heavy (non-hydrogen) atoms. The van der Waals surface area contributed by atoms with Gasteiger partial charge >= 0.3 is 0 Å². The van der Waals surface area contributed by atoms with Crippen LogP contribution in [0.4, 0.5) is 10.8 Å². The van der Waals surface area contributed by atoms with E-state index in [4.69, 9.17) is 5.73 Å². The van der Waals surface area contributed by atoms with Crippen LogP contribution in [0.3, 0.4) is 0 Å². The molecule has 0 bridgehead atoms. The topological polar surface area (TPSA) is 85.1 Å². The Morgan fingerprint density at radius 1 is 1.29 bits per heavy atom. The summed E-state index contributed by atoms with van der Waals surface area (Å²) in [5, 5.41) is 0.421. The van der Waals surface area contributed by atoms with Gasteiger partial charge in [0.2, 0.25) is 0 Å². The SMILES string of the molecule is Nc1cc(Br)ccc1S(=O)(=O)Nc1nc2c(s1)CCCC2. The van der Waals surface area contributed by atoms with Gasteiger partial charge in [0.1, 0.15) is 4.90 Å². The van der Waals surface area contributed by atoms with Crippen molar-refractivity contribution in [2.75, 3.05) is 10.5 Å². The van der Waals surface area contributed by atoms with Gasteiger partial charge in [0.25, 0.3) is 10.0 Å². The zero-order valence-corrected chi connectivity index (χ0v) is 14.3. The van der Waals surface area contributed by atoms with Gasteiger partial charge in [-0.1, -0.05) is 15.9 Å². The Balaban J connectivity index is 1.90. The molecule has 1 aromatic heterocycles. The van der Waals surface area contributed by atoms with E-state index in [2.05, 4.69) is 25.6 Å². The molecule has 0 radical (unpaired) electrons.